The van der Waals surface area contributed by atoms with Crippen LogP contribution in [0.25, 0.3) is 21.0 Å². The van der Waals surface area contributed by atoms with E-state index in [1.54, 1.807) is 33.3 Å². The highest BCUT2D eigenvalue weighted by molar-refractivity contribution is 7.98. The lowest BCUT2D eigenvalue weighted by atomic mass is 10.2. The summed E-state index contributed by atoms with van der Waals surface area (Å²) in [5, 5.41) is 9.72. The Morgan fingerprint density at radius 2 is 2.07 bits per heavy atom. The van der Waals surface area contributed by atoms with Crippen LogP contribution in [0, 0.1) is 20.8 Å². The third kappa shape index (κ3) is 3.77. The van der Waals surface area contributed by atoms with E-state index >= 15 is 0 Å². The first kappa shape index (κ1) is 21.0. The largest absolute Gasteiger partial charge is 0.419 e. The first-order chi connectivity index (χ1) is 14.4. The fourth-order valence-corrected chi connectivity index (χ4v) is 6.17. The highest BCUT2D eigenvalue weighted by Crippen LogP contribution is 2.32. The number of rotatable bonds is 7. The molecule has 0 saturated carbocycles. The zero-order valence-electron chi connectivity index (χ0n) is 17.3. The monoisotopic (exact) mass is 458 g/mol. The van der Waals surface area contributed by atoms with Crippen molar-refractivity contribution in [3.63, 3.8) is 0 Å². The van der Waals surface area contributed by atoms with Crippen LogP contribution < -0.4 is 5.56 Å². The Kier molecular flexibility index (Phi) is 5.95. The zero-order valence-corrected chi connectivity index (χ0v) is 19.8. The van der Waals surface area contributed by atoms with Crippen LogP contribution in [0.5, 0.6) is 0 Å². The molecule has 4 aromatic heterocycles. The van der Waals surface area contributed by atoms with Gasteiger partial charge in [0.15, 0.2) is 5.16 Å². The van der Waals surface area contributed by atoms with E-state index < -0.39 is 0 Å². The number of hydrogen-bond donors (Lipinski definition) is 0. The Morgan fingerprint density at radius 1 is 1.27 bits per heavy atom. The maximum Gasteiger partial charge on any atom is 0.263 e. The van der Waals surface area contributed by atoms with Crippen molar-refractivity contribution in [2.75, 3.05) is 0 Å². The summed E-state index contributed by atoms with van der Waals surface area (Å²) < 4.78 is 7.54. The second kappa shape index (κ2) is 8.49. The molecule has 4 aromatic rings. The normalized spacial score (nSPS) is 11.5. The van der Waals surface area contributed by atoms with Gasteiger partial charge in [0.05, 0.1) is 16.0 Å². The Balaban J connectivity index is 1.62. The van der Waals surface area contributed by atoms with Gasteiger partial charge in [-0.05, 0) is 44.4 Å². The van der Waals surface area contributed by atoms with Gasteiger partial charge in [-0.15, -0.1) is 39.4 Å². The lowest BCUT2D eigenvalue weighted by Gasteiger charge is -2.09. The molecule has 4 rings (SSSR count). The Labute approximate surface area is 186 Å². The molecule has 9 heteroatoms. The van der Waals surface area contributed by atoms with E-state index in [1.807, 2.05) is 13.8 Å². The number of aryl methyl sites for hydroxylation is 4. The Bertz CT molecular complexity index is 1300. The molecule has 0 unspecified atom stereocenters. The van der Waals surface area contributed by atoms with Crippen molar-refractivity contribution in [3.8, 4) is 10.8 Å². The van der Waals surface area contributed by atoms with Crippen molar-refractivity contribution in [1.29, 1.82) is 0 Å². The quantitative estimate of drug-likeness (QED) is 0.206. The number of thiophene rings is 2. The molecule has 0 aromatic carbocycles. The standard InChI is InChI=1S/C21H22N4O2S3/c1-6-8-25-20(26)17-12(4)13(5)29-19(17)22-21(25)28-10-16-23-24-18(27-16)15-9-11(3)14(7-2)30-15/h6,9H,1,7-8,10H2,2-5H3. The smallest absolute Gasteiger partial charge is 0.263 e. The number of hydrogen-bond acceptors (Lipinski definition) is 8. The van der Waals surface area contributed by atoms with Crippen molar-refractivity contribution in [2.45, 2.75) is 51.6 Å². The van der Waals surface area contributed by atoms with Gasteiger partial charge in [0, 0.05) is 16.3 Å². The van der Waals surface area contributed by atoms with Crippen LogP contribution in [-0.2, 0) is 18.7 Å². The van der Waals surface area contributed by atoms with Crippen molar-refractivity contribution < 1.29 is 4.42 Å². The van der Waals surface area contributed by atoms with Crippen molar-refractivity contribution in [3.05, 3.63) is 55.8 Å². The van der Waals surface area contributed by atoms with Crippen molar-refractivity contribution in [2.24, 2.45) is 0 Å². The summed E-state index contributed by atoms with van der Waals surface area (Å²) in [6.07, 6.45) is 2.70. The molecule has 0 aliphatic rings. The molecule has 0 radical (unpaired) electrons. The molecule has 6 nitrogen and oxygen atoms in total. The molecule has 156 valence electrons. The molecule has 0 aliphatic carbocycles. The lowest BCUT2D eigenvalue weighted by molar-refractivity contribution is 0.529. The summed E-state index contributed by atoms with van der Waals surface area (Å²) in [7, 11) is 0. The van der Waals surface area contributed by atoms with Gasteiger partial charge >= 0.3 is 0 Å². The van der Waals surface area contributed by atoms with E-state index in [9.17, 15) is 4.79 Å². The average molecular weight is 459 g/mol. The second-order valence-electron chi connectivity index (χ2n) is 6.92. The molecule has 0 aliphatic heterocycles. The second-order valence-corrected chi connectivity index (χ2v) is 10.2. The van der Waals surface area contributed by atoms with E-state index in [0.29, 0.717) is 34.6 Å². The molecule has 0 atom stereocenters. The third-order valence-electron chi connectivity index (χ3n) is 4.91. The predicted molar refractivity (Wildman–Crippen MR) is 125 cm³/mol. The third-order valence-corrected chi connectivity index (χ3v) is 8.34. The minimum Gasteiger partial charge on any atom is -0.419 e. The Morgan fingerprint density at radius 3 is 2.77 bits per heavy atom. The predicted octanol–water partition coefficient (Wildman–Crippen LogP) is 5.54. The van der Waals surface area contributed by atoms with Crippen molar-refractivity contribution in [1.82, 2.24) is 19.7 Å². The lowest BCUT2D eigenvalue weighted by Crippen LogP contribution is -2.22. The van der Waals surface area contributed by atoms with Gasteiger partial charge in [0.2, 0.25) is 5.89 Å². The number of allylic oxidation sites excluding steroid dienone is 1. The number of aromatic nitrogens is 4. The highest BCUT2D eigenvalue weighted by atomic mass is 32.2. The van der Waals surface area contributed by atoms with Crippen LogP contribution in [0.15, 0.2) is 33.1 Å². The van der Waals surface area contributed by atoms with Gasteiger partial charge in [-0.25, -0.2) is 4.98 Å². The molecule has 0 fully saturated rings. The summed E-state index contributed by atoms with van der Waals surface area (Å²) >= 11 is 4.66. The van der Waals surface area contributed by atoms with Gasteiger partial charge in [0.25, 0.3) is 11.4 Å². The summed E-state index contributed by atoms with van der Waals surface area (Å²) in [5.74, 6) is 1.49. The minimum absolute atomic E-state index is 0.0309. The summed E-state index contributed by atoms with van der Waals surface area (Å²) in [6, 6.07) is 2.09. The summed E-state index contributed by atoms with van der Waals surface area (Å²) in [4.78, 5) is 22.0. The van der Waals surface area contributed by atoms with Crippen LogP contribution >= 0.6 is 34.4 Å². The van der Waals surface area contributed by atoms with Gasteiger partial charge in [-0.1, -0.05) is 24.8 Å². The molecule has 30 heavy (non-hydrogen) atoms. The van der Waals surface area contributed by atoms with E-state index in [2.05, 4.69) is 36.7 Å². The van der Waals surface area contributed by atoms with Crippen LogP contribution in [0.2, 0.25) is 0 Å². The first-order valence-corrected chi connectivity index (χ1v) is 12.2. The zero-order chi connectivity index (χ0) is 21.4. The number of nitrogens with zero attached hydrogens (tertiary/aromatic N) is 4. The molecule has 0 N–H and O–H groups in total. The average Bonchev–Trinajstić information content (AvgIpc) is 3.41. The van der Waals surface area contributed by atoms with Gasteiger partial charge in [-0.2, -0.15) is 0 Å². The molecule has 4 heterocycles. The SMILES string of the molecule is C=CCn1c(SCc2nnc(-c3cc(C)c(CC)s3)o2)nc2sc(C)c(C)c2c1=O. The highest BCUT2D eigenvalue weighted by Gasteiger charge is 2.18. The maximum absolute atomic E-state index is 13.1. The molecular formula is C21H22N4O2S3. The number of thioether (sulfide) groups is 1. The van der Waals surface area contributed by atoms with E-state index in [1.165, 1.54) is 22.2 Å². The number of fused-ring (bicyclic) bond motifs is 1. The van der Waals surface area contributed by atoms with Crippen LogP contribution in [0.4, 0.5) is 0 Å². The first-order valence-electron chi connectivity index (χ1n) is 9.59. The summed E-state index contributed by atoms with van der Waals surface area (Å²) in [5.41, 5.74) is 2.22. The van der Waals surface area contributed by atoms with Crippen molar-refractivity contribution >= 4 is 44.7 Å². The van der Waals surface area contributed by atoms with Gasteiger partial charge in [0.1, 0.15) is 4.83 Å². The van der Waals surface area contributed by atoms with E-state index in [-0.39, 0.29) is 5.56 Å². The topological polar surface area (TPSA) is 73.8 Å². The molecule has 0 saturated heterocycles. The van der Waals surface area contributed by atoms with E-state index in [4.69, 9.17) is 9.40 Å². The van der Waals surface area contributed by atoms with Crippen LogP contribution in [-0.4, -0.2) is 19.7 Å². The maximum atomic E-state index is 13.1. The van der Waals surface area contributed by atoms with Crippen LogP contribution in [0.3, 0.4) is 0 Å². The summed E-state index contributed by atoms with van der Waals surface area (Å²) in [6.45, 7) is 12.4. The van der Waals surface area contributed by atoms with Crippen LogP contribution in [0.1, 0.15) is 33.7 Å². The van der Waals surface area contributed by atoms with E-state index in [0.717, 1.165) is 26.6 Å². The van der Waals surface area contributed by atoms with Gasteiger partial charge < -0.3 is 4.42 Å². The fraction of sp³-hybridized carbons (Fsp3) is 0.333. The minimum atomic E-state index is -0.0309. The fourth-order valence-electron chi connectivity index (χ4n) is 3.22. The molecule has 0 bridgehead atoms. The van der Waals surface area contributed by atoms with Gasteiger partial charge in [-0.3, -0.25) is 9.36 Å². The molecule has 0 spiro atoms. The molecule has 0 amide bonds. The Hall–Kier alpha value is -2.23. The molecular weight excluding hydrogens is 436 g/mol.